The number of aromatic nitrogens is 1. The van der Waals surface area contributed by atoms with Crippen molar-refractivity contribution >= 4 is 17.3 Å². The molecule has 0 aliphatic heterocycles. The first-order valence-corrected chi connectivity index (χ1v) is 5.24. The van der Waals surface area contributed by atoms with Crippen LogP contribution >= 0.6 is 11.3 Å². The highest BCUT2D eigenvalue weighted by molar-refractivity contribution is 7.17. The Kier molecular flexibility index (Phi) is 2.51. The Morgan fingerprint density at radius 3 is 2.67 bits per heavy atom. The summed E-state index contributed by atoms with van der Waals surface area (Å²) in [6, 6.07) is 7.24. The second-order valence-electron chi connectivity index (χ2n) is 3.19. The molecule has 0 amide bonds. The highest BCUT2D eigenvalue weighted by atomic mass is 32.1. The average molecular weight is 219 g/mol. The molecule has 2 rings (SSSR count). The van der Waals surface area contributed by atoms with Crippen LogP contribution in [-0.4, -0.2) is 16.1 Å². The number of aryl methyl sites for hydroxylation is 1. The van der Waals surface area contributed by atoms with Gasteiger partial charge >= 0.3 is 5.97 Å². The summed E-state index contributed by atoms with van der Waals surface area (Å²) in [6.07, 6.45) is 1.77. The predicted octanol–water partition coefficient (Wildman–Crippen LogP) is 2.82. The van der Waals surface area contributed by atoms with Gasteiger partial charge in [-0.05, 0) is 30.7 Å². The lowest BCUT2D eigenvalue weighted by molar-refractivity contribution is 0.0702. The Morgan fingerprint density at radius 2 is 2.13 bits per heavy atom. The molecule has 0 atom stereocenters. The zero-order valence-electron chi connectivity index (χ0n) is 8.10. The van der Waals surface area contributed by atoms with Gasteiger partial charge in [0, 0.05) is 6.20 Å². The van der Waals surface area contributed by atoms with Crippen molar-refractivity contribution in [3.8, 4) is 10.6 Å². The maximum Gasteiger partial charge on any atom is 0.345 e. The number of carbonyl (C=O) groups is 1. The van der Waals surface area contributed by atoms with E-state index in [4.69, 9.17) is 5.11 Å². The van der Waals surface area contributed by atoms with E-state index in [2.05, 4.69) is 4.98 Å². The van der Waals surface area contributed by atoms with Gasteiger partial charge < -0.3 is 5.11 Å². The normalized spacial score (nSPS) is 10.2. The van der Waals surface area contributed by atoms with E-state index in [1.54, 1.807) is 18.3 Å². The number of hydrogen-bond acceptors (Lipinski definition) is 3. The highest BCUT2D eigenvalue weighted by Crippen LogP contribution is 2.26. The van der Waals surface area contributed by atoms with Crippen molar-refractivity contribution < 1.29 is 9.90 Å². The Balaban J connectivity index is 2.37. The molecule has 2 heterocycles. The predicted molar refractivity (Wildman–Crippen MR) is 59.2 cm³/mol. The summed E-state index contributed by atoms with van der Waals surface area (Å²) in [6.45, 7) is 1.97. The molecule has 4 heteroatoms. The summed E-state index contributed by atoms with van der Waals surface area (Å²) in [5, 5.41) is 8.78. The minimum absolute atomic E-state index is 0.340. The summed E-state index contributed by atoms with van der Waals surface area (Å²) in [5.41, 5.74) is 1.91. The van der Waals surface area contributed by atoms with E-state index >= 15 is 0 Å². The minimum Gasteiger partial charge on any atom is -0.477 e. The van der Waals surface area contributed by atoms with Crippen molar-refractivity contribution in [3.05, 3.63) is 40.9 Å². The molecule has 76 valence electrons. The molecule has 0 unspecified atom stereocenters. The number of rotatable bonds is 2. The Bertz CT molecular complexity index is 488. The third-order valence-electron chi connectivity index (χ3n) is 1.98. The molecule has 0 saturated carbocycles. The number of pyridine rings is 1. The molecule has 1 N–H and O–H groups in total. The molecule has 0 fully saturated rings. The maximum atomic E-state index is 10.7. The SMILES string of the molecule is Cc1ccc(-c2ccc(C(=O)O)s2)nc1. The van der Waals surface area contributed by atoms with Gasteiger partial charge in [-0.3, -0.25) is 4.98 Å². The molecule has 0 aliphatic carbocycles. The summed E-state index contributed by atoms with van der Waals surface area (Å²) in [4.78, 5) is 16.2. The average Bonchev–Trinajstić information content (AvgIpc) is 2.68. The number of carboxylic acids is 1. The first-order chi connectivity index (χ1) is 7.16. The first-order valence-electron chi connectivity index (χ1n) is 4.43. The highest BCUT2D eigenvalue weighted by Gasteiger charge is 2.08. The first kappa shape index (κ1) is 9.86. The number of carboxylic acid groups (broad SMARTS) is 1. The largest absolute Gasteiger partial charge is 0.477 e. The molecule has 2 aromatic rings. The second kappa shape index (κ2) is 3.82. The number of hydrogen-bond donors (Lipinski definition) is 1. The quantitative estimate of drug-likeness (QED) is 0.844. The van der Waals surface area contributed by atoms with Crippen molar-refractivity contribution in [2.45, 2.75) is 6.92 Å². The number of nitrogens with zero attached hydrogens (tertiary/aromatic N) is 1. The van der Waals surface area contributed by atoms with E-state index < -0.39 is 5.97 Å². The van der Waals surface area contributed by atoms with E-state index in [1.165, 1.54) is 11.3 Å². The van der Waals surface area contributed by atoms with E-state index in [0.717, 1.165) is 16.1 Å². The summed E-state index contributed by atoms with van der Waals surface area (Å²) >= 11 is 1.24. The zero-order chi connectivity index (χ0) is 10.8. The van der Waals surface area contributed by atoms with Crippen LogP contribution < -0.4 is 0 Å². The van der Waals surface area contributed by atoms with E-state index in [9.17, 15) is 4.79 Å². The van der Waals surface area contributed by atoms with Crippen LogP contribution in [0.2, 0.25) is 0 Å². The van der Waals surface area contributed by atoms with Crippen LogP contribution in [0, 0.1) is 6.92 Å². The molecule has 0 spiro atoms. The molecular weight excluding hydrogens is 210 g/mol. The Morgan fingerprint density at radius 1 is 1.33 bits per heavy atom. The molecule has 3 nitrogen and oxygen atoms in total. The fourth-order valence-corrected chi connectivity index (χ4v) is 2.03. The van der Waals surface area contributed by atoms with Crippen molar-refractivity contribution in [1.29, 1.82) is 0 Å². The lowest BCUT2D eigenvalue weighted by atomic mass is 10.2. The molecule has 0 aliphatic rings. The van der Waals surface area contributed by atoms with Gasteiger partial charge in [0.05, 0.1) is 10.6 Å². The van der Waals surface area contributed by atoms with Crippen LogP contribution in [-0.2, 0) is 0 Å². The van der Waals surface area contributed by atoms with E-state index in [0.29, 0.717) is 4.88 Å². The Hall–Kier alpha value is -1.68. The fraction of sp³-hybridized carbons (Fsp3) is 0.0909. The molecule has 0 saturated heterocycles. The van der Waals surface area contributed by atoms with Gasteiger partial charge in [0.25, 0.3) is 0 Å². The van der Waals surface area contributed by atoms with Gasteiger partial charge in [-0.1, -0.05) is 6.07 Å². The maximum absolute atomic E-state index is 10.7. The lowest BCUT2D eigenvalue weighted by Crippen LogP contribution is -1.89. The summed E-state index contributed by atoms with van der Waals surface area (Å²) in [5.74, 6) is -0.890. The van der Waals surface area contributed by atoms with Crippen molar-refractivity contribution in [2.75, 3.05) is 0 Å². The van der Waals surface area contributed by atoms with Crippen LogP contribution in [0.5, 0.6) is 0 Å². The third kappa shape index (κ3) is 2.05. The number of aromatic carboxylic acids is 1. The van der Waals surface area contributed by atoms with Crippen molar-refractivity contribution in [3.63, 3.8) is 0 Å². The van der Waals surface area contributed by atoms with Crippen molar-refractivity contribution in [2.24, 2.45) is 0 Å². The van der Waals surface area contributed by atoms with E-state index in [-0.39, 0.29) is 0 Å². The summed E-state index contributed by atoms with van der Waals surface area (Å²) < 4.78 is 0. The minimum atomic E-state index is -0.890. The molecule has 2 aromatic heterocycles. The summed E-state index contributed by atoms with van der Waals surface area (Å²) in [7, 11) is 0. The molecule has 0 aromatic carbocycles. The standard InChI is InChI=1S/C11H9NO2S/c1-7-2-3-8(12-6-7)9-4-5-10(15-9)11(13)14/h2-6H,1H3,(H,13,14). The Labute approximate surface area is 91.0 Å². The van der Waals surface area contributed by atoms with E-state index in [1.807, 2.05) is 19.1 Å². The van der Waals surface area contributed by atoms with Crippen LogP contribution in [0.3, 0.4) is 0 Å². The second-order valence-corrected chi connectivity index (χ2v) is 4.27. The lowest BCUT2D eigenvalue weighted by Gasteiger charge is -1.96. The smallest absolute Gasteiger partial charge is 0.345 e. The van der Waals surface area contributed by atoms with Gasteiger partial charge in [0.1, 0.15) is 4.88 Å². The monoisotopic (exact) mass is 219 g/mol. The van der Waals surface area contributed by atoms with Crippen LogP contribution in [0.25, 0.3) is 10.6 Å². The third-order valence-corrected chi connectivity index (χ3v) is 3.08. The fourth-order valence-electron chi connectivity index (χ4n) is 1.20. The van der Waals surface area contributed by atoms with Gasteiger partial charge in [-0.15, -0.1) is 11.3 Å². The van der Waals surface area contributed by atoms with Gasteiger partial charge in [-0.2, -0.15) is 0 Å². The van der Waals surface area contributed by atoms with Crippen LogP contribution in [0.1, 0.15) is 15.2 Å². The van der Waals surface area contributed by atoms with Gasteiger partial charge in [0.2, 0.25) is 0 Å². The molecular formula is C11H9NO2S. The van der Waals surface area contributed by atoms with Crippen molar-refractivity contribution in [1.82, 2.24) is 4.98 Å². The van der Waals surface area contributed by atoms with Gasteiger partial charge in [0.15, 0.2) is 0 Å². The van der Waals surface area contributed by atoms with Gasteiger partial charge in [-0.25, -0.2) is 4.79 Å². The van der Waals surface area contributed by atoms with Crippen LogP contribution in [0.15, 0.2) is 30.5 Å². The topological polar surface area (TPSA) is 50.2 Å². The molecule has 15 heavy (non-hydrogen) atoms. The zero-order valence-corrected chi connectivity index (χ0v) is 8.91. The van der Waals surface area contributed by atoms with Crippen LogP contribution in [0.4, 0.5) is 0 Å². The molecule has 0 bridgehead atoms. The molecule has 0 radical (unpaired) electrons. The number of thiophene rings is 1.